The van der Waals surface area contributed by atoms with Crippen molar-refractivity contribution in [2.24, 2.45) is 7.05 Å². The first-order chi connectivity index (χ1) is 11.7. The zero-order valence-corrected chi connectivity index (χ0v) is 13.9. The fraction of sp³-hybridized carbons (Fsp3) is 0.118. The highest BCUT2D eigenvalue weighted by Crippen LogP contribution is 2.31. The van der Waals surface area contributed by atoms with Crippen LogP contribution in [-0.4, -0.2) is 27.3 Å². The molecule has 0 aliphatic rings. The second-order valence-corrected chi connectivity index (χ2v) is 5.98. The van der Waals surface area contributed by atoms with E-state index in [4.69, 9.17) is 4.74 Å². The average molecular weight is 340 g/mol. The lowest BCUT2D eigenvalue weighted by Crippen LogP contribution is -2.20. The van der Waals surface area contributed by atoms with Crippen molar-refractivity contribution in [1.29, 1.82) is 0 Å². The summed E-state index contributed by atoms with van der Waals surface area (Å²) in [6.45, 7) is -0.0486. The van der Waals surface area contributed by atoms with Gasteiger partial charge in [-0.05, 0) is 36.0 Å². The third-order valence-electron chi connectivity index (χ3n) is 3.15. The molecule has 122 valence electrons. The van der Waals surface area contributed by atoms with Gasteiger partial charge in [-0.1, -0.05) is 30.3 Å². The van der Waals surface area contributed by atoms with Gasteiger partial charge in [0.05, 0.1) is 5.69 Å². The number of aromatic nitrogens is 3. The monoisotopic (exact) mass is 340 g/mol. The molecule has 3 aromatic rings. The molecule has 0 aliphatic carbocycles. The van der Waals surface area contributed by atoms with Crippen LogP contribution in [0.25, 0.3) is 0 Å². The molecule has 0 aliphatic heterocycles. The predicted octanol–water partition coefficient (Wildman–Crippen LogP) is 2.98. The fourth-order valence-corrected chi connectivity index (χ4v) is 2.83. The van der Waals surface area contributed by atoms with Gasteiger partial charge < -0.3 is 14.6 Å². The van der Waals surface area contributed by atoms with E-state index in [0.717, 1.165) is 10.1 Å². The molecule has 0 bridgehead atoms. The quantitative estimate of drug-likeness (QED) is 0.747. The molecule has 0 radical (unpaired) electrons. The zero-order chi connectivity index (χ0) is 16.8. The molecule has 0 atom stereocenters. The molecule has 3 rings (SSSR count). The highest BCUT2D eigenvalue weighted by atomic mass is 32.2. The van der Waals surface area contributed by atoms with Crippen molar-refractivity contribution in [2.75, 3.05) is 11.9 Å². The summed E-state index contributed by atoms with van der Waals surface area (Å²) < 4.78 is 7.28. The van der Waals surface area contributed by atoms with Crippen molar-refractivity contribution in [1.82, 2.24) is 14.8 Å². The summed E-state index contributed by atoms with van der Waals surface area (Å²) in [7, 11) is 1.87. The number of para-hydroxylation sites is 2. The number of aryl methyl sites for hydroxylation is 1. The van der Waals surface area contributed by atoms with Crippen LogP contribution >= 0.6 is 11.8 Å². The van der Waals surface area contributed by atoms with Gasteiger partial charge in [0, 0.05) is 11.9 Å². The number of anilines is 1. The van der Waals surface area contributed by atoms with Gasteiger partial charge in [-0.2, -0.15) is 0 Å². The van der Waals surface area contributed by atoms with Crippen LogP contribution in [-0.2, 0) is 11.8 Å². The largest absolute Gasteiger partial charge is 0.484 e. The third kappa shape index (κ3) is 4.14. The Kier molecular flexibility index (Phi) is 5.12. The Balaban J connectivity index is 1.64. The fourth-order valence-electron chi connectivity index (χ4n) is 1.97. The van der Waals surface area contributed by atoms with E-state index in [1.54, 1.807) is 6.33 Å². The highest BCUT2D eigenvalue weighted by molar-refractivity contribution is 7.99. The van der Waals surface area contributed by atoms with E-state index >= 15 is 0 Å². The van der Waals surface area contributed by atoms with Crippen LogP contribution in [0.1, 0.15) is 0 Å². The molecule has 1 aromatic heterocycles. The van der Waals surface area contributed by atoms with E-state index in [1.165, 1.54) is 11.8 Å². The number of carbonyl (C=O) groups excluding carboxylic acids is 1. The van der Waals surface area contributed by atoms with E-state index in [9.17, 15) is 4.79 Å². The first kappa shape index (κ1) is 16.1. The maximum atomic E-state index is 12.1. The van der Waals surface area contributed by atoms with Crippen molar-refractivity contribution in [3.8, 4) is 5.75 Å². The van der Waals surface area contributed by atoms with Crippen molar-refractivity contribution < 1.29 is 9.53 Å². The number of ether oxygens (including phenoxy) is 1. The summed E-state index contributed by atoms with van der Waals surface area (Å²) in [4.78, 5) is 13.0. The molecule has 0 spiro atoms. The second-order valence-electron chi connectivity index (χ2n) is 4.97. The molecule has 24 heavy (non-hydrogen) atoms. The van der Waals surface area contributed by atoms with Crippen LogP contribution in [0.15, 0.2) is 71.0 Å². The molecule has 1 N–H and O–H groups in total. The van der Waals surface area contributed by atoms with Crippen LogP contribution in [0.4, 0.5) is 5.69 Å². The Morgan fingerprint density at radius 1 is 1.17 bits per heavy atom. The van der Waals surface area contributed by atoms with Gasteiger partial charge in [-0.25, -0.2) is 0 Å². The van der Waals surface area contributed by atoms with Crippen LogP contribution in [0.2, 0.25) is 0 Å². The Morgan fingerprint density at radius 2 is 1.92 bits per heavy atom. The molecule has 1 heterocycles. The Labute approximate surface area is 143 Å². The Bertz CT molecular complexity index is 820. The highest BCUT2D eigenvalue weighted by Gasteiger charge is 2.11. The third-order valence-corrected chi connectivity index (χ3v) is 4.27. The van der Waals surface area contributed by atoms with E-state index in [0.29, 0.717) is 11.4 Å². The zero-order valence-electron chi connectivity index (χ0n) is 13.0. The van der Waals surface area contributed by atoms with Gasteiger partial charge >= 0.3 is 0 Å². The minimum absolute atomic E-state index is 0.0486. The van der Waals surface area contributed by atoms with Gasteiger partial charge in [0.2, 0.25) is 0 Å². The predicted molar refractivity (Wildman–Crippen MR) is 92.1 cm³/mol. The molecule has 0 fully saturated rings. The van der Waals surface area contributed by atoms with Crippen molar-refractivity contribution >= 4 is 23.4 Å². The first-order valence-electron chi connectivity index (χ1n) is 7.31. The minimum atomic E-state index is -0.218. The van der Waals surface area contributed by atoms with E-state index in [1.807, 2.05) is 66.2 Å². The first-order valence-corrected chi connectivity index (χ1v) is 8.12. The van der Waals surface area contributed by atoms with Gasteiger partial charge in [0.15, 0.2) is 11.8 Å². The van der Waals surface area contributed by atoms with E-state index in [-0.39, 0.29) is 12.5 Å². The number of nitrogens with one attached hydrogen (secondary N) is 1. The molecule has 0 unspecified atom stereocenters. The van der Waals surface area contributed by atoms with Crippen LogP contribution in [0, 0.1) is 0 Å². The molecule has 7 heteroatoms. The smallest absolute Gasteiger partial charge is 0.262 e. The van der Waals surface area contributed by atoms with Gasteiger partial charge in [-0.15, -0.1) is 10.2 Å². The van der Waals surface area contributed by atoms with Gasteiger partial charge in [0.1, 0.15) is 12.1 Å². The summed E-state index contributed by atoms with van der Waals surface area (Å²) >= 11 is 1.44. The summed E-state index contributed by atoms with van der Waals surface area (Å²) in [5, 5.41) is 11.5. The molecule has 1 amide bonds. The lowest BCUT2D eigenvalue weighted by atomic mass is 10.3. The number of hydrogen-bond acceptors (Lipinski definition) is 5. The summed E-state index contributed by atoms with van der Waals surface area (Å²) in [5.74, 6) is 0.444. The van der Waals surface area contributed by atoms with Crippen LogP contribution in [0.5, 0.6) is 5.75 Å². The number of nitrogens with zero attached hydrogens (tertiary/aromatic N) is 3. The maximum Gasteiger partial charge on any atom is 0.262 e. The number of rotatable bonds is 6. The molecular formula is C17H16N4O2S. The number of carbonyl (C=O) groups is 1. The Hall–Kier alpha value is -2.80. The lowest BCUT2D eigenvalue weighted by molar-refractivity contribution is -0.118. The van der Waals surface area contributed by atoms with Crippen LogP contribution in [0.3, 0.4) is 0 Å². The lowest BCUT2D eigenvalue weighted by Gasteiger charge is -2.11. The summed E-state index contributed by atoms with van der Waals surface area (Å²) in [5.41, 5.74) is 0.715. The SMILES string of the molecule is Cn1cnnc1Sc1ccccc1NC(=O)COc1ccccc1. The number of hydrogen-bond donors (Lipinski definition) is 1. The number of amides is 1. The molecule has 0 saturated heterocycles. The van der Waals surface area contributed by atoms with E-state index in [2.05, 4.69) is 15.5 Å². The van der Waals surface area contributed by atoms with Gasteiger partial charge in [-0.3, -0.25) is 4.79 Å². The minimum Gasteiger partial charge on any atom is -0.484 e. The van der Waals surface area contributed by atoms with Crippen molar-refractivity contribution in [3.05, 3.63) is 60.9 Å². The topological polar surface area (TPSA) is 69.0 Å². The van der Waals surface area contributed by atoms with Crippen molar-refractivity contribution in [2.45, 2.75) is 10.1 Å². The maximum absolute atomic E-state index is 12.1. The summed E-state index contributed by atoms with van der Waals surface area (Å²) in [6.07, 6.45) is 1.64. The molecule has 6 nitrogen and oxygen atoms in total. The summed E-state index contributed by atoms with van der Waals surface area (Å²) in [6, 6.07) is 16.8. The molecular weight excluding hydrogens is 324 g/mol. The van der Waals surface area contributed by atoms with Crippen LogP contribution < -0.4 is 10.1 Å². The van der Waals surface area contributed by atoms with Crippen molar-refractivity contribution in [3.63, 3.8) is 0 Å². The molecule has 0 saturated carbocycles. The average Bonchev–Trinajstić information content (AvgIpc) is 3.01. The normalized spacial score (nSPS) is 10.4. The second kappa shape index (κ2) is 7.65. The van der Waals surface area contributed by atoms with E-state index < -0.39 is 0 Å². The number of benzene rings is 2. The molecule has 2 aromatic carbocycles. The Morgan fingerprint density at radius 3 is 2.67 bits per heavy atom. The standard InChI is InChI=1S/C17H16N4O2S/c1-21-12-18-20-17(21)24-15-10-6-5-9-14(15)19-16(22)11-23-13-7-3-2-4-8-13/h2-10,12H,11H2,1H3,(H,19,22). The van der Waals surface area contributed by atoms with Gasteiger partial charge in [0.25, 0.3) is 5.91 Å².